The Balaban J connectivity index is 1.43. The summed E-state index contributed by atoms with van der Waals surface area (Å²) in [7, 11) is -2.41. The van der Waals surface area contributed by atoms with Gasteiger partial charge in [-0.3, -0.25) is 19.1 Å². The molecule has 4 amide bonds. The highest BCUT2D eigenvalue weighted by Gasteiger charge is 2.62. The van der Waals surface area contributed by atoms with Crippen LogP contribution in [0.2, 0.25) is 0 Å². The Labute approximate surface area is 312 Å². The molecule has 5 atom stereocenters. The molecule has 1 saturated heterocycles. The van der Waals surface area contributed by atoms with Crippen LogP contribution in [0.25, 0.3) is 10.8 Å². The third kappa shape index (κ3) is 8.28. The smallest absolute Gasteiger partial charge is 0.427 e. The average molecular weight is 868 g/mol. The van der Waals surface area contributed by atoms with Crippen molar-refractivity contribution in [1.29, 1.82) is 0 Å². The third-order valence-corrected chi connectivity index (χ3v) is 12.6. The van der Waals surface area contributed by atoms with Gasteiger partial charge in [-0.2, -0.15) is 13.2 Å². The predicted molar refractivity (Wildman–Crippen MR) is 189 cm³/mol. The summed E-state index contributed by atoms with van der Waals surface area (Å²) in [5.74, 6) is -1.73. The summed E-state index contributed by atoms with van der Waals surface area (Å²) in [5, 5.41) is 5.60. The van der Waals surface area contributed by atoms with E-state index in [1.54, 1.807) is 45.0 Å². The highest BCUT2D eigenvalue weighted by molar-refractivity contribution is 14.1. The van der Waals surface area contributed by atoms with Crippen LogP contribution in [0.1, 0.15) is 60.3 Å². The number of amides is 4. The summed E-state index contributed by atoms with van der Waals surface area (Å²) >= 11 is 1.93. The highest BCUT2D eigenvalue weighted by atomic mass is 127. The second kappa shape index (κ2) is 14.0. The van der Waals surface area contributed by atoms with Crippen LogP contribution in [0.15, 0.2) is 30.5 Å². The minimum Gasteiger partial charge on any atom is -0.497 e. The van der Waals surface area contributed by atoms with Crippen molar-refractivity contribution in [3.05, 3.63) is 30.5 Å². The molecule has 3 aliphatic rings. The van der Waals surface area contributed by atoms with Crippen molar-refractivity contribution < 1.29 is 55.0 Å². The van der Waals surface area contributed by atoms with Crippen LogP contribution in [0.3, 0.4) is 0 Å². The van der Waals surface area contributed by atoms with Gasteiger partial charge in [0.1, 0.15) is 29.5 Å². The van der Waals surface area contributed by atoms with Crippen LogP contribution in [0, 0.1) is 5.41 Å². The topological polar surface area (TPSA) is 182 Å². The van der Waals surface area contributed by atoms with Crippen molar-refractivity contribution in [3.8, 4) is 11.6 Å². The number of alkyl halides is 4. The third-order valence-electron chi connectivity index (χ3n) is 9.29. The average Bonchev–Trinajstić information content (AvgIpc) is 3.95. The number of hydrogen-bond acceptors (Lipinski definition) is 10. The standard InChI is InChI=1S/C33H41F3IN5O9S/c1-30(2,3)24(39-29(46)51-31(4,5)33(34,35)36)27(44)42-16-19(50-26-21-10-7-18(49-6)13-17(21)11-12-38-26)14-22(42)25(43)40-32(15-23(32)37)28(45)41-52(47,48)20-8-9-20/h7,10-13,19-20,22-24H,8-9,14-16H2,1-6H3,(H,39,46)(H,40,43)(H,41,45)/t19-,22+,23-,24-,32-/m1/s1. The molecule has 3 N–H and O–H groups in total. The fourth-order valence-electron chi connectivity index (χ4n) is 5.76. The van der Waals surface area contributed by atoms with Crippen molar-refractivity contribution in [2.24, 2.45) is 5.41 Å². The van der Waals surface area contributed by atoms with E-state index in [9.17, 15) is 40.8 Å². The van der Waals surface area contributed by atoms with Gasteiger partial charge in [-0.15, -0.1) is 0 Å². The van der Waals surface area contributed by atoms with E-state index in [1.165, 1.54) is 13.3 Å². The summed E-state index contributed by atoms with van der Waals surface area (Å²) in [5.41, 5.74) is -5.55. The van der Waals surface area contributed by atoms with Gasteiger partial charge in [-0.05, 0) is 68.2 Å². The SMILES string of the molecule is COc1ccc2c(O[C@@H]3C[C@@H](C(=O)N[C@]4(C(=O)NS(=O)(=O)C5CC5)C[C@H]4I)N(C(=O)[C@@H](NC(=O)OC(C)(C)C(F)(F)F)C(C)(C)C)C3)nccc2c1. The van der Waals surface area contributed by atoms with Crippen LogP contribution in [0.5, 0.6) is 11.6 Å². The lowest BCUT2D eigenvalue weighted by Gasteiger charge is -2.36. The molecule has 0 radical (unpaired) electrons. The predicted octanol–water partition coefficient (Wildman–Crippen LogP) is 3.74. The van der Waals surface area contributed by atoms with Crippen molar-refractivity contribution in [2.45, 2.75) is 105 Å². The molecule has 2 heterocycles. The number of benzene rings is 1. The minimum atomic E-state index is -4.91. The number of rotatable bonds is 11. The van der Waals surface area contributed by atoms with Gasteiger partial charge in [0.25, 0.3) is 5.91 Å². The van der Waals surface area contributed by atoms with E-state index < -0.39 is 83.9 Å². The number of nitrogens with zero attached hydrogens (tertiary/aromatic N) is 2. The zero-order valence-corrected chi connectivity index (χ0v) is 32.3. The van der Waals surface area contributed by atoms with E-state index in [4.69, 9.17) is 9.47 Å². The van der Waals surface area contributed by atoms with Gasteiger partial charge < -0.3 is 29.7 Å². The molecule has 3 fully saturated rings. The molecule has 286 valence electrons. The number of alkyl carbamates (subject to hydrolysis) is 1. The number of halogens is 4. The van der Waals surface area contributed by atoms with Crippen molar-refractivity contribution in [1.82, 2.24) is 25.2 Å². The van der Waals surface area contributed by atoms with E-state index in [2.05, 4.69) is 25.1 Å². The summed E-state index contributed by atoms with van der Waals surface area (Å²) in [6.45, 7) is 5.83. The summed E-state index contributed by atoms with van der Waals surface area (Å²) < 4.78 is 83.6. The van der Waals surface area contributed by atoms with Gasteiger partial charge in [-0.1, -0.05) is 43.4 Å². The van der Waals surface area contributed by atoms with Gasteiger partial charge in [0.2, 0.25) is 33.3 Å². The van der Waals surface area contributed by atoms with Crippen LogP contribution in [-0.2, 0) is 29.1 Å². The van der Waals surface area contributed by atoms with Gasteiger partial charge in [0.05, 0.1) is 18.9 Å². The zero-order chi connectivity index (χ0) is 38.6. The van der Waals surface area contributed by atoms with E-state index in [0.717, 1.165) is 10.3 Å². The molecule has 1 aliphatic heterocycles. The Kier molecular flexibility index (Phi) is 10.6. The number of likely N-dealkylation sites (tertiary alicyclic amines) is 1. The quantitative estimate of drug-likeness (QED) is 0.222. The Morgan fingerprint density at radius 1 is 1.08 bits per heavy atom. The van der Waals surface area contributed by atoms with Crippen LogP contribution >= 0.6 is 22.6 Å². The number of carbonyl (C=O) groups excluding carboxylic acids is 4. The number of fused-ring (bicyclic) bond motifs is 1. The number of ether oxygens (including phenoxy) is 3. The molecule has 0 unspecified atom stereocenters. The van der Waals surface area contributed by atoms with Gasteiger partial charge >= 0.3 is 12.3 Å². The Morgan fingerprint density at radius 2 is 1.73 bits per heavy atom. The number of methoxy groups -OCH3 is 1. The maximum atomic E-state index is 14.3. The number of nitrogens with one attached hydrogen (secondary N) is 3. The van der Waals surface area contributed by atoms with E-state index in [0.29, 0.717) is 37.8 Å². The maximum Gasteiger partial charge on any atom is 0.427 e. The Hall–Kier alpha value is -3.62. The highest BCUT2D eigenvalue weighted by Crippen LogP contribution is 2.44. The molecule has 2 aromatic rings. The molecule has 2 saturated carbocycles. The van der Waals surface area contributed by atoms with Gasteiger partial charge in [0.15, 0.2) is 0 Å². The Bertz CT molecular complexity index is 1870. The number of hydrogen-bond donors (Lipinski definition) is 3. The number of pyridine rings is 1. The lowest BCUT2D eigenvalue weighted by molar-refractivity contribution is -0.244. The van der Waals surface area contributed by atoms with Crippen molar-refractivity contribution >= 4 is 67.2 Å². The first-order valence-electron chi connectivity index (χ1n) is 16.5. The molecule has 52 heavy (non-hydrogen) atoms. The molecule has 0 bridgehead atoms. The second-order valence-electron chi connectivity index (χ2n) is 14.8. The largest absolute Gasteiger partial charge is 0.497 e. The molecule has 14 nitrogen and oxygen atoms in total. The fourth-order valence-corrected chi connectivity index (χ4v) is 8.26. The number of sulfonamides is 1. The van der Waals surface area contributed by atoms with Crippen LogP contribution in [0.4, 0.5) is 18.0 Å². The van der Waals surface area contributed by atoms with Crippen LogP contribution < -0.4 is 24.8 Å². The zero-order valence-electron chi connectivity index (χ0n) is 29.3. The molecule has 0 spiro atoms. The van der Waals surface area contributed by atoms with Crippen molar-refractivity contribution in [3.63, 3.8) is 0 Å². The van der Waals surface area contributed by atoms with E-state index >= 15 is 0 Å². The molecule has 5 rings (SSSR count). The monoisotopic (exact) mass is 867 g/mol. The number of aromatic nitrogens is 1. The van der Waals surface area contributed by atoms with Crippen molar-refractivity contribution in [2.75, 3.05) is 13.7 Å². The molecular formula is C33H41F3IN5O9S. The fraction of sp³-hybridized carbons (Fsp3) is 0.606. The first-order chi connectivity index (χ1) is 24.0. The molecule has 1 aromatic heterocycles. The summed E-state index contributed by atoms with van der Waals surface area (Å²) in [4.78, 5) is 60.0. The van der Waals surface area contributed by atoms with Gasteiger partial charge in [-0.25, -0.2) is 18.2 Å². The molecular weight excluding hydrogens is 826 g/mol. The maximum absolute atomic E-state index is 14.3. The summed E-state index contributed by atoms with van der Waals surface area (Å²) in [6, 6.07) is 4.16. The normalized spacial score (nSPS) is 24.1. The van der Waals surface area contributed by atoms with E-state index in [-0.39, 0.29) is 25.3 Å². The van der Waals surface area contributed by atoms with Gasteiger partial charge in [0, 0.05) is 21.9 Å². The lowest BCUT2D eigenvalue weighted by Crippen LogP contribution is -2.60. The second-order valence-corrected chi connectivity index (χ2v) is 18.3. The molecule has 1 aromatic carbocycles. The minimum absolute atomic E-state index is 0.113. The first kappa shape index (κ1) is 39.6. The Morgan fingerprint density at radius 3 is 2.29 bits per heavy atom. The first-order valence-corrected chi connectivity index (χ1v) is 19.3. The summed E-state index contributed by atoms with van der Waals surface area (Å²) in [6.07, 6.45) is -4.91. The van der Waals surface area contributed by atoms with Crippen LogP contribution in [-0.4, -0.2) is 100 Å². The van der Waals surface area contributed by atoms with E-state index in [1.807, 2.05) is 22.6 Å². The molecule has 2 aliphatic carbocycles. The lowest BCUT2D eigenvalue weighted by atomic mass is 9.85. The number of carbonyl (C=O) groups is 4. The molecule has 19 heteroatoms.